The van der Waals surface area contributed by atoms with Gasteiger partial charge in [0.15, 0.2) is 0 Å². The first-order chi connectivity index (χ1) is 6.62. The summed E-state index contributed by atoms with van der Waals surface area (Å²) in [6.45, 7) is 4.33. The van der Waals surface area contributed by atoms with Crippen molar-refractivity contribution in [1.82, 2.24) is 19.1 Å². The molecule has 0 aliphatic carbocycles. The number of aromatic nitrogens is 4. The van der Waals surface area contributed by atoms with Crippen molar-refractivity contribution in [2.24, 2.45) is 7.05 Å². The molecule has 0 fully saturated rings. The normalized spacial score (nSPS) is 15.7. The molecule has 0 bridgehead atoms. The van der Waals surface area contributed by atoms with Gasteiger partial charge in [0.1, 0.15) is 0 Å². The van der Waals surface area contributed by atoms with Gasteiger partial charge in [-0.05, 0) is 25.9 Å². The van der Waals surface area contributed by atoms with Crippen molar-refractivity contribution in [2.45, 2.75) is 19.4 Å². The van der Waals surface area contributed by atoms with E-state index in [1.165, 1.54) is 5.69 Å². The Labute approximate surface area is 102 Å². The predicted molar refractivity (Wildman–Crippen MR) is 51.7 cm³/mol. The zero-order valence-electron chi connectivity index (χ0n) is 8.78. The van der Waals surface area contributed by atoms with Gasteiger partial charge in [0.25, 0.3) is 0 Å². The third-order valence-electron chi connectivity index (χ3n) is 2.93. The number of imidazole rings is 2. The molecule has 0 atom stereocenters. The maximum atomic E-state index is 4.38. The van der Waals surface area contributed by atoms with E-state index in [0.29, 0.717) is 0 Å². The average molecular weight is 379 g/mol. The number of hydrogen-bond acceptors (Lipinski definition) is 2. The van der Waals surface area contributed by atoms with E-state index in [4.69, 9.17) is 0 Å². The van der Waals surface area contributed by atoms with Gasteiger partial charge in [-0.2, -0.15) is 0 Å². The maximum absolute atomic E-state index is 4.38. The summed E-state index contributed by atoms with van der Waals surface area (Å²) >= 11 is 0. The van der Waals surface area contributed by atoms with Crippen LogP contribution in [0.2, 0.25) is 0 Å². The van der Waals surface area contributed by atoms with E-state index >= 15 is 0 Å². The van der Waals surface area contributed by atoms with Crippen LogP contribution in [0.3, 0.4) is 0 Å². The van der Waals surface area contributed by atoms with E-state index in [-0.39, 0.29) is 25.6 Å². The molecule has 2 aromatic heterocycles. The molecule has 15 heavy (non-hydrogen) atoms. The van der Waals surface area contributed by atoms with Crippen LogP contribution >= 0.6 is 0 Å². The second-order valence-electron chi connectivity index (χ2n) is 4.19. The molecule has 1 radical (unpaired) electrons. The molecule has 1 aliphatic rings. The fraction of sp³-hybridized carbons (Fsp3) is 0.400. The summed E-state index contributed by atoms with van der Waals surface area (Å²) in [7, 11) is 2.02. The van der Waals surface area contributed by atoms with Crippen LogP contribution in [0.25, 0.3) is 11.4 Å². The van der Waals surface area contributed by atoms with Crippen molar-refractivity contribution < 1.29 is 20.1 Å². The molecule has 3 rings (SSSR count). The van der Waals surface area contributed by atoms with Gasteiger partial charge in [-0.3, -0.25) is 4.98 Å². The Bertz CT molecular complexity index is 509. The zero-order valence-corrected chi connectivity index (χ0v) is 11.2. The molecule has 0 aromatic carbocycles. The van der Waals surface area contributed by atoms with Crippen LogP contribution in [-0.2, 0) is 32.7 Å². The fourth-order valence-corrected chi connectivity index (χ4v) is 2.29. The zero-order chi connectivity index (χ0) is 9.92. The van der Waals surface area contributed by atoms with Crippen molar-refractivity contribution >= 4 is 0 Å². The minimum Gasteiger partial charge on any atom is -0.393 e. The second kappa shape index (κ2) is 3.03. The smallest absolute Gasteiger partial charge is 0.0805 e. The van der Waals surface area contributed by atoms with Crippen LogP contribution in [0.5, 0.6) is 0 Å². The molecule has 3 heterocycles. The van der Waals surface area contributed by atoms with Crippen LogP contribution in [0.1, 0.15) is 19.5 Å². The van der Waals surface area contributed by atoms with Gasteiger partial charge >= 0.3 is 0 Å². The minimum absolute atomic E-state index is 0. The first-order valence-electron chi connectivity index (χ1n) is 4.60. The van der Waals surface area contributed by atoms with Crippen LogP contribution < -0.4 is 0 Å². The van der Waals surface area contributed by atoms with Gasteiger partial charge < -0.3 is 14.1 Å². The Morgan fingerprint density at radius 3 is 2.80 bits per heavy atom. The van der Waals surface area contributed by atoms with Gasteiger partial charge in [-0.15, -0.1) is 0 Å². The average Bonchev–Trinajstić information content (AvgIpc) is 2.70. The van der Waals surface area contributed by atoms with Crippen molar-refractivity contribution in [3.63, 3.8) is 0 Å². The summed E-state index contributed by atoms with van der Waals surface area (Å²) < 4.78 is 4.18. The van der Waals surface area contributed by atoms with Crippen molar-refractivity contribution in [3.8, 4) is 11.4 Å². The van der Waals surface area contributed by atoms with E-state index < -0.39 is 0 Å². The fourth-order valence-electron chi connectivity index (χ4n) is 2.29. The van der Waals surface area contributed by atoms with E-state index in [2.05, 4.69) is 39.1 Å². The second-order valence-corrected chi connectivity index (χ2v) is 4.19. The van der Waals surface area contributed by atoms with E-state index in [1.54, 1.807) is 0 Å². The number of hydrogen-bond donors (Lipinski definition) is 0. The van der Waals surface area contributed by atoms with Gasteiger partial charge in [-0.1, -0.05) is 6.20 Å². The maximum Gasteiger partial charge on any atom is 0.0805 e. The van der Waals surface area contributed by atoms with Gasteiger partial charge in [0.2, 0.25) is 0 Å². The molecular weight excluding hydrogens is 368 g/mol. The summed E-state index contributed by atoms with van der Waals surface area (Å²) in [5, 5.41) is 0. The Morgan fingerprint density at radius 2 is 2.07 bits per heavy atom. The molecule has 0 unspecified atom stereocenters. The molecule has 0 amide bonds. The third kappa shape index (κ3) is 1.10. The Kier molecular flexibility index (Phi) is 2.14. The van der Waals surface area contributed by atoms with Gasteiger partial charge in [0, 0.05) is 38.5 Å². The molecule has 0 saturated carbocycles. The van der Waals surface area contributed by atoms with Crippen molar-refractivity contribution in [3.05, 3.63) is 24.5 Å². The van der Waals surface area contributed by atoms with Crippen molar-refractivity contribution in [2.75, 3.05) is 0 Å². The summed E-state index contributed by atoms with van der Waals surface area (Å²) in [4.78, 5) is 8.41. The molecule has 0 N–H and O–H groups in total. The topological polar surface area (TPSA) is 35.6 Å². The standard InChI is InChI=1S/C10H11N4.Ir/c1-10(2)9-8(12-6-13(9)3)7-4-11-5-14(7)10;/h5-6H,1-3H3;/q-1;. The first kappa shape index (κ1) is 10.6. The van der Waals surface area contributed by atoms with Gasteiger partial charge in [-0.25, -0.2) is 0 Å². The summed E-state index contributed by atoms with van der Waals surface area (Å²) in [6.07, 6.45) is 6.64. The molecule has 5 heteroatoms. The third-order valence-corrected chi connectivity index (χ3v) is 2.93. The van der Waals surface area contributed by atoms with Crippen LogP contribution in [0.15, 0.2) is 12.7 Å². The Balaban J connectivity index is 0.000000853. The summed E-state index contributed by atoms with van der Waals surface area (Å²) in [5.41, 5.74) is 3.16. The number of rotatable bonds is 0. The number of fused-ring (bicyclic) bond motifs is 3. The summed E-state index contributed by atoms with van der Waals surface area (Å²) in [5.74, 6) is 0. The Hall–Kier alpha value is -0.931. The molecule has 1 aliphatic heterocycles. The van der Waals surface area contributed by atoms with Crippen LogP contribution in [0, 0.1) is 6.20 Å². The first-order valence-corrected chi connectivity index (χ1v) is 4.60. The molecule has 2 aromatic rings. The molecule has 4 nitrogen and oxygen atoms in total. The summed E-state index contributed by atoms with van der Waals surface area (Å²) in [6, 6.07) is 0. The van der Waals surface area contributed by atoms with E-state index in [9.17, 15) is 0 Å². The molecule has 0 saturated heterocycles. The molecule has 81 valence electrons. The number of aryl methyl sites for hydroxylation is 1. The largest absolute Gasteiger partial charge is 0.393 e. The quantitative estimate of drug-likeness (QED) is 0.645. The van der Waals surface area contributed by atoms with E-state index in [1.807, 2.05) is 19.7 Å². The van der Waals surface area contributed by atoms with Crippen molar-refractivity contribution in [1.29, 1.82) is 0 Å². The predicted octanol–water partition coefficient (Wildman–Crippen LogP) is 1.18. The minimum atomic E-state index is -0.0666. The van der Waals surface area contributed by atoms with Gasteiger partial charge in [0.05, 0.1) is 11.9 Å². The monoisotopic (exact) mass is 380 g/mol. The molecular formula is C10H11IrN4-. The van der Waals surface area contributed by atoms with Crippen LogP contribution in [-0.4, -0.2) is 19.1 Å². The Morgan fingerprint density at radius 1 is 1.33 bits per heavy atom. The number of nitrogens with zero attached hydrogens (tertiary/aromatic N) is 4. The van der Waals surface area contributed by atoms with Crippen LogP contribution in [0.4, 0.5) is 0 Å². The molecule has 0 spiro atoms. The van der Waals surface area contributed by atoms with E-state index in [0.717, 1.165) is 11.4 Å². The SMILES string of the molecule is Cn1cnc2c1C(C)(C)n1cn[c-]c1-2.[Ir].